The number of amides is 2. The van der Waals surface area contributed by atoms with Gasteiger partial charge in [0.05, 0.1) is 23.5 Å². The monoisotopic (exact) mass is 411 g/mol. The maximum Gasteiger partial charge on any atom is 0.258 e. The third-order valence-corrected chi connectivity index (χ3v) is 5.27. The van der Waals surface area contributed by atoms with Gasteiger partial charge in [-0.3, -0.25) is 19.3 Å². The lowest BCUT2D eigenvalue weighted by Crippen LogP contribution is -2.19. The van der Waals surface area contributed by atoms with E-state index in [-0.39, 0.29) is 17.7 Å². The van der Waals surface area contributed by atoms with Gasteiger partial charge in [0, 0.05) is 24.4 Å². The first kappa shape index (κ1) is 19.0. The van der Waals surface area contributed by atoms with Crippen molar-refractivity contribution in [2.45, 2.75) is 19.4 Å². The van der Waals surface area contributed by atoms with Crippen LogP contribution in [0.3, 0.4) is 0 Å². The number of anilines is 2. The molecule has 0 radical (unpaired) electrons. The zero-order valence-corrected chi connectivity index (χ0v) is 16.8. The number of nitrogens with zero attached hydrogens (tertiary/aromatic N) is 3. The van der Waals surface area contributed by atoms with E-state index in [0.29, 0.717) is 23.6 Å². The van der Waals surface area contributed by atoms with Crippen molar-refractivity contribution < 1.29 is 9.59 Å². The van der Waals surface area contributed by atoms with E-state index in [2.05, 4.69) is 20.7 Å². The van der Waals surface area contributed by atoms with Crippen LogP contribution in [0.4, 0.5) is 11.5 Å². The summed E-state index contributed by atoms with van der Waals surface area (Å²) < 4.78 is 1.72. The average Bonchev–Trinajstić information content (AvgIpc) is 3.55. The molecule has 1 saturated carbocycles. The van der Waals surface area contributed by atoms with E-state index in [1.807, 2.05) is 48.5 Å². The Morgan fingerprint density at radius 2 is 1.74 bits per heavy atom. The van der Waals surface area contributed by atoms with Crippen LogP contribution in [-0.4, -0.2) is 26.6 Å². The number of rotatable bonds is 6. The van der Waals surface area contributed by atoms with E-state index in [1.165, 1.54) is 0 Å². The smallest absolute Gasteiger partial charge is 0.258 e. The molecular formula is C24H21N5O2. The fourth-order valence-corrected chi connectivity index (χ4v) is 3.47. The molecule has 0 unspecified atom stereocenters. The molecule has 7 nitrogen and oxygen atoms in total. The molecule has 4 aromatic rings. The van der Waals surface area contributed by atoms with Crippen LogP contribution in [-0.2, 0) is 11.3 Å². The summed E-state index contributed by atoms with van der Waals surface area (Å²) in [6.45, 7) is 0.509. The maximum absolute atomic E-state index is 13.1. The lowest BCUT2D eigenvalue weighted by Gasteiger charge is -2.12. The van der Waals surface area contributed by atoms with Gasteiger partial charge in [-0.2, -0.15) is 5.10 Å². The van der Waals surface area contributed by atoms with Gasteiger partial charge in [0.1, 0.15) is 0 Å². The zero-order valence-electron chi connectivity index (χ0n) is 16.8. The molecule has 154 valence electrons. The van der Waals surface area contributed by atoms with Crippen molar-refractivity contribution >= 4 is 34.1 Å². The van der Waals surface area contributed by atoms with E-state index in [0.717, 1.165) is 29.3 Å². The highest BCUT2D eigenvalue weighted by Crippen LogP contribution is 2.32. The fraction of sp³-hybridized carbons (Fsp3) is 0.167. The molecule has 31 heavy (non-hydrogen) atoms. The van der Waals surface area contributed by atoms with Crippen LogP contribution in [0.1, 0.15) is 28.9 Å². The van der Waals surface area contributed by atoms with Gasteiger partial charge in [0.2, 0.25) is 5.91 Å². The number of carbonyl (C=O) groups is 2. The molecule has 2 heterocycles. The Hall–Kier alpha value is -4.00. The van der Waals surface area contributed by atoms with Crippen molar-refractivity contribution in [2.24, 2.45) is 5.92 Å². The van der Waals surface area contributed by atoms with Gasteiger partial charge in [-0.1, -0.05) is 30.3 Å². The third-order valence-electron chi connectivity index (χ3n) is 5.27. The first-order valence-electron chi connectivity index (χ1n) is 10.2. The van der Waals surface area contributed by atoms with E-state index in [4.69, 9.17) is 0 Å². The fourth-order valence-electron chi connectivity index (χ4n) is 3.47. The zero-order chi connectivity index (χ0) is 21.2. The predicted octanol–water partition coefficient (Wildman–Crippen LogP) is 4.08. The van der Waals surface area contributed by atoms with Gasteiger partial charge in [0.25, 0.3) is 5.91 Å². The van der Waals surface area contributed by atoms with Crippen molar-refractivity contribution in [3.8, 4) is 0 Å². The van der Waals surface area contributed by atoms with Gasteiger partial charge in [-0.05, 0) is 47.9 Å². The van der Waals surface area contributed by atoms with Crippen molar-refractivity contribution in [3.05, 3.63) is 84.3 Å². The van der Waals surface area contributed by atoms with Crippen LogP contribution in [0, 0.1) is 5.92 Å². The molecule has 7 heteroatoms. The maximum atomic E-state index is 13.1. The van der Waals surface area contributed by atoms with E-state index >= 15 is 0 Å². The van der Waals surface area contributed by atoms with Crippen LogP contribution >= 0.6 is 0 Å². The minimum atomic E-state index is -0.320. The van der Waals surface area contributed by atoms with Crippen LogP contribution in [0.2, 0.25) is 0 Å². The van der Waals surface area contributed by atoms with E-state index in [1.54, 1.807) is 29.2 Å². The molecule has 2 aromatic heterocycles. The van der Waals surface area contributed by atoms with Gasteiger partial charge in [-0.25, -0.2) is 0 Å². The topological polar surface area (TPSA) is 88.9 Å². The Morgan fingerprint density at radius 3 is 2.48 bits per heavy atom. The summed E-state index contributed by atoms with van der Waals surface area (Å²) in [5.74, 6) is 0.127. The van der Waals surface area contributed by atoms with Crippen molar-refractivity contribution in [2.75, 3.05) is 10.6 Å². The van der Waals surface area contributed by atoms with E-state index < -0.39 is 0 Å². The van der Waals surface area contributed by atoms with Gasteiger partial charge >= 0.3 is 0 Å². The summed E-state index contributed by atoms with van der Waals surface area (Å²) in [4.78, 5) is 29.7. The normalized spacial score (nSPS) is 13.2. The second-order valence-corrected chi connectivity index (χ2v) is 7.68. The summed E-state index contributed by atoms with van der Waals surface area (Å²) in [7, 11) is 0. The standard InChI is InChI=1S/C24H21N5O2/c30-23(16-8-9-16)26-21-14-18-6-2-1-5-17(18)13-20(21)24(31)27-22-10-12-29(28-22)15-19-7-3-4-11-25-19/h1-7,10-14,16H,8-9,15H2,(H,26,30)(H,27,28,31). The molecule has 5 rings (SSSR count). The second-order valence-electron chi connectivity index (χ2n) is 7.68. The van der Waals surface area contributed by atoms with Crippen molar-refractivity contribution in [1.82, 2.24) is 14.8 Å². The summed E-state index contributed by atoms with van der Waals surface area (Å²) >= 11 is 0. The number of nitrogens with one attached hydrogen (secondary N) is 2. The quantitative estimate of drug-likeness (QED) is 0.500. The summed E-state index contributed by atoms with van der Waals surface area (Å²) in [6, 6.07) is 18.9. The number of hydrogen-bond donors (Lipinski definition) is 2. The molecule has 0 spiro atoms. The van der Waals surface area contributed by atoms with Crippen molar-refractivity contribution in [3.63, 3.8) is 0 Å². The Labute approximate surface area is 179 Å². The molecule has 2 N–H and O–H groups in total. The predicted molar refractivity (Wildman–Crippen MR) is 119 cm³/mol. The number of hydrogen-bond acceptors (Lipinski definition) is 4. The molecule has 1 fully saturated rings. The Morgan fingerprint density at radius 1 is 0.968 bits per heavy atom. The summed E-state index contributed by atoms with van der Waals surface area (Å²) in [5.41, 5.74) is 1.80. The molecule has 0 atom stereocenters. The van der Waals surface area contributed by atoms with Gasteiger partial charge in [-0.15, -0.1) is 0 Å². The highest BCUT2D eigenvalue weighted by molar-refractivity contribution is 6.12. The summed E-state index contributed by atoms with van der Waals surface area (Å²) in [5, 5.41) is 12.1. The number of carbonyl (C=O) groups excluding carboxylic acids is 2. The van der Waals surface area contributed by atoms with E-state index in [9.17, 15) is 9.59 Å². The van der Waals surface area contributed by atoms with Crippen LogP contribution in [0.15, 0.2) is 73.1 Å². The SMILES string of the molecule is O=C(Nc1ccn(Cc2ccccn2)n1)c1cc2ccccc2cc1NC(=O)C1CC1. The number of benzene rings is 2. The van der Waals surface area contributed by atoms with Gasteiger partial charge < -0.3 is 10.6 Å². The first-order valence-corrected chi connectivity index (χ1v) is 10.2. The van der Waals surface area contributed by atoms with Crippen LogP contribution in [0.5, 0.6) is 0 Å². The molecular weight excluding hydrogens is 390 g/mol. The minimum absolute atomic E-state index is 0.0380. The lowest BCUT2D eigenvalue weighted by atomic mass is 10.0. The highest BCUT2D eigenvalue weighted by atomic mass is 16.2. The molecule has 0 bridgehead atoms. The molecule has 0 aliphatic heterocycles. The second kappa shape index (κ2) is 8.02. The van der Waals surface area contributed by atoms with Gasteiger partial charge in [0.15, 0.2) is 5.82 Å². The van der Waals surface area contributed by atoms with Crippen LogP contribution in [0.25, 0.3) is 10.8 Å². The molecule has 2 amide bonds. The average molecular weight is 411 g/mol. The largest absolute Gasteiger partial charge is 0.325 e. The Bertz CT molecular complexity index is 1260. The highest BCUT2D eigenvalue weighted by Gasteiger charge is 2.30. The lowest BCUT2D eigenvalue weighted by molar-refractivity contribution is -0.117. The van der Waals surface area contributed by atoms with Crippen molar-refractivity contribution in [1.29, 1.82) is 0 Å². The molecule has 1 aliphatic rings. The Balaban J connectivity index is 1.39. The Kier molecular flexibility index (Phi) is 4.92. The number of aromatic nitrogens is 3. The minimum Gasteiger partial charge on any atom is -0.325 e. The molecule has 0 saturated heterocycles. The number of pyridine rings is 1. The molecule has 2 aromatic carbocycles. The third kappa shape index (κ3) is 4.30. The summed E-state index contributed by atoms with van der Waals surface area (Å²) in [6.07, 6.45) is 5.32. The first-order chi connectivity index (χ1) is 15.2. The molecule has 1 aliphatic carbocycles. The van der Waals surface area contributed by atoms with Crippen LogP contribution < -0.4 is 10.6 Å². The number of fused-ring (bicyclic) bond motifs is 1.